The van der Waals surface area contributed by atoms with Crippen molar-refractivity contribution in [2.75, 3.05) is 7.11 Å². The van der Waals surface area contributed by atoms with E-state index >= 15 is 0 Å². The second-order valence-electron chi connectivity index (χ2n) is 5.16. The number of hydrogen-bond acceptors (Lipinski definition) is 1. The lowest BCUT2D eigenvalue weighted by Crippen LogP contribution is -2.16. The van der Waals surface area contributed by atoms with Gasteiger partial charge in [0.25, 0.3) is 0 Å². The summed E-state index contributed by atoms with van der Waals surface area (Å²) in [5, 5.41) is 0. The number of aryl methyl sites for hydroxylation is 1. The van der Waals surface area contributed by atoms with E-state index in [4.69, 9.17) is 4.74 Å². The van der Waals surface area contributed by atoms with Gasteiger partial charge in [-0.15, -0.1) is 0 Å². The van der Waals surface area contributed by atoms with Gasteiger partial charge < -0.3 is 4.74 Å². The molecular weight excluding hydrogens is 184 g/mol. The molecule has 1 heteroatoms. The van der Waals surface area contributed by atoms with E-state index in [1.165, 1.54) is 22.3 Å². The Morgan fingerprint density at radius 1 is 1.00 bits per heavy atom. The maximum absolute atomic E-state index is 5.43. The van der Waals surface area contributed by atoms with Crippen LogP contribution in [0, 0.1) is 26.8 Å². The molecule has 0 aliphatic carbocycles. The zero-order valence-corrected chi connectivity index (χ0v) is 10.9. The molecular formula is C14H21O. The Balaban J connectivity index is 3.55. The lowest BCUT2D eigenvalue weighted by Gasteiger charge is -2.26. The van der Waals surface area contributed by atoms with Crippen molar-refractivity contribution in [3.05, 3.63) is 28.3 Å². The standard InChI is InChI=1S/C14H21O/c1-9-8-12(15-7)13(14(4,5)6)11(3)10(9)2/h1-7H3. The SMILES string of the molecule is COc1[c]c(C)c(C)c(C)c1C(C)(C)C. The predicted molar refractivity (Wildman–Crippen MR) is 64.7 cm³/mol. The van der Waals surface area contributed by atoms with Gasteiger partial charge in [-0.25, -0.2) is 0 Å². The summed E-state index contributed by atoms with van der Waals surface area (Å²) in [4.78, 5) is 0. The summed E-state index contributed by atoms with van der Waals surface area (Å²) in [6.07, 6.45) is 0. The molecule has 0 amide bonds. The summed E-state index contributed by atoms with van der Waals surface area (Å²) >= 11 is 0. The molecule has 83 valence electrons. The minimum atomic E-state index is 0.102. The third-order valence-electron chi connectivity index (χ3n) is 2.98. The predicted octanol–water partition coefficient (Wildman–Crippen LogP) is 3.72. The molecule has 0 saturated heterocycles. The van der Waals surface area contributed by atoms with E-state index in [-0.39, 0.29) is 5.41 Å². The topological polar surface area (TPSA) is 9.23 Å². The van der Waals surface area contributed by atoms with Gasteiger partial charge >= 0.3 is 0 Å². The van der Waals surface area contributed by atoms with Gasteiger partial charge in [-0.2, -0.15) is 0 Å². The number of hydrogen-bond donors (Lipinski definition) is 0. The maximum Gasteiger partial charge on any atom is 0.131 e. The molecule has 1 aromatic rings. The summed E-state index contributed by atoms with van der Waals surface area (Å²) in [7, 11) is 1.72. The number of rotatable bonds is 1. The molecule has 1 rings (SSSR count). The minimum absolute atomic E-state index is 0.102. The highest BCUT2D eigenvalue weighted by Gasteiger charge is 2.23. The normalized spacial score (nSPS) is 11.7. The lowest BCUT2D eigenvalue weighted by atomic mass is 9.81. The Kier molecular flexibility index (Phi) is 3.13. The number of benzene rings is 1. The minimum Gasteiger partial charge on any atom is -0.496 e. The summed E-state index contributed by atoms with van der Waals surface area (Å²) < 4.78 is 5.43. The van der Waals surface area contributed by atoms with E-state index in [2.05, 4.69) is 47.6 Å². The fourth-order valence-corrected chi connectivity index (χ4v) is 2.02. The van der Waals surface area contributed by atoms with Crippen molar-refractivity contribution in [3.8, 4) is 5.75 Å². The Bertz CT molecular complexity index is 370. The molecule has 0 bridgehead atoms. The molecule has 0 saturated carbocycles. The fourth-order valence-electron chi connectivity index (χ4n) is 2.02. The van der Waals surface area contributed by atoms with Crippen molar-refractivity contribution in [1.29, 1.82) is 0 Å². The van der Waals surface area contributed by atoms with Gasteiger partial charge in [-0.05, 0) is 42.9 Å². The average molecular weight is 205 g/mol. The highest BCUT2D eigenvalue weighted by molar-refractivity contribution is 5.50. The molecule has 0 aliphatic rings. The first kappa shape index (κ1) is 12.1. The molecule has 0 unspecified atom stereocenters. The van der Waals surface area contributed by atoms with E-state index in [0.717, 1.165) is 5.75 Å². The Labute approximate surface area is 93.5 Å². The third-order valence-corrected chi connectivity index (χ3v) is 2.98. The van der Waals surface area contributed by atoms with Crippen LogP contribution in [0.1, 0.15) is 43.0 Å². The first-order valence-corrected chi connectivity index (χ1v) is 5.36. The van der Waals surface area contributed by atoms with Crippen molar-refractivity contribution >= 4 is 0 Å². The summed E-state index contributed by atoms with van der Waals surface area (Å²) in [6.45, 7) is 13.0. The van der Waals surface area contributed by atoms with E-state index in [1.54, 1.807) is 7.11 Å². The second-order valence-corrected chi connectivity index (χ2v) is 5.16. The summed E-state index contributed by atoms with van der Waals surface area (Å²) in [5.41, 5.74) is 5.20. The first-order valence-electron chi connectivity index (χ1n) is 5.36. The molecule has 1 radical (unpaired) electrons. The molecule has 0 spiro atoms. The average Bonchev–Trinajstić information content (AvgIpc) is 2.11. The van der Waals surface area contributed by atoms with E-state index in [1.807, 2.05) is 0 Å². The molecule has 0 fully saturated rings. The van der Waals surface area contributed by atoms with Crippen molar-refractivity contribution in [3.63, 3.8) is 0 Å². The third kappa shape index (κ3) is 2.17. The van der Waals surface area contributed by atoms with Crippen LogP contribution < -0.4 is 4.74 Å². The summed E-state index contributed by atoms with van der Waals surface area (Å²) in [5.74, 6) is 0.892. The van der Waals surface area contributed by atoms with Crippen molar-refractivity contribution in [2.24, 2.45) is 0 Å². The monoisotopic (exact) mass is 205 g/mol. The quantitative estimate of drug-likeness (QED) is 0.679. The fraction of sp³-hybridized carbons (Fsp3) is 0.571. The van der Waals surface area contributed by atoms with E-state index in [0.29, 0.717) is 0 Å². The lowest BCUT2D eigenvalue weighted by molar-refractivity contribution is 0.395. The Hall–Kier alpha value is -0.980. The summed E-state index contributed by atoms with van der Waals surface area (Å²) in [6, 6.07) is 3.32. The smallest absolute Gasteiger partial charge is 0.131 e. The van der Waals surface area contributed by atoms with Crippen LogP contribution in [0.2, 0.25) is 0 Å². The largest absolute Gasteiger partial charge is 0.496 e. The van der Waals surface area contributed by atoms with Crippen LogP contribution in [-0.4, -0.2) is 7.11 Å². The Morgan fingerprint density at radius 2 is 1.53 bits per heavy atom. The van der Waals surface area contributed by atoms with Gasteiger partial charge in [0.05, 0.1) is 7.11 Å². The van der Waals surface area contributed by atoms with Gasteiger partial charge in [0.2, 0.25) is 0 Å². The number of ether oxygens (including phenoxy) is 1. The maximum atomic E-state index is 5.43. The van der Waals surface area contributed by atoms with Crippen LogP contribution in [0.5, 0.6) is 5.75 Å². The molecule has 0 aliphatic heterocycles. The van der Waals surface area contributed by atoms with E-state index < -0.39 is 0 Å². The van der Waals surface area contributed by atoms with Crippen LogP contribution >= 0.6 is 0 Å². The van der Waals surface area contributed by atoms with E-state index in [9.17, 15) is 0 Å². The molecule has 0 N–H and O–H groups in total. The second kappa shape index (κ2) is 3.88. The zero-order valence-electron chi connectivity index (χ0n) is 10.9. The molecule has 15 heavy (non-hydrogen) atoms. The highest BCUT2D eigenvalue weighted by atomic mass is 16.5. The highest BCUT2D eigenvalue weighted by Crippen LogP contribution is 2.36. The number of methoxy groups -OCH3 is 1. The van der Waals surface area contributed by atoms with Gasteiger partial charge in [0, 0.05) is 11.6 Å². The van der Waals surface area contributed by atoms with Crippen molar-refractivity contribution < 1.29 is 4.74 Å². The van der Waals surface area contributed by atoms with Crippen LogP contribution in [0.25, 0.3) is 0 Å². The molecule has 0 aromatic heterocycles. The molecule has 1 aromatic carbocycles. The van der Waals surface area contributed by atoms with Crippen LogP contribution in [-0.2, 0) is 5.41 Å². The van der Waals surface area contributed by atoms with Gasteiger partial charge in [-0.3, -0.25) is 0 Å². The molecule has 0 heterocycles. The van der Waals surface area contributed by atoms with Crippen LogP contribution in [0.3, 0.4) is 0 Å². The van der Waals surface area contributed by atoms with Gasteiger partial charge in [-0.1, -0.05) is 20.8 Å². The van der Waals surface area contributed by atoms with Crippen LogP contribution in [0.15, 0.2) is 0 Å². The molecule has 1 nitrogen and oxygen atoms in total. The zero-order chi connectivity index (χ0) is 11.8. The molecule has 0 atom stereocenters. The van der Waals surface area contributed by atoms with Crippen molar-refractivity contribution in [1.82, 2.24) is 0 Å². The van der Waals surface area contributed by atoms with Gasteiger partial charge in [0.15, 0.2) is 0 Å². The van der Waals surface area contributed by atoms with Gasteiger partial charge in [0.1, 0.15) is 5.75 Å². The van der Waals surface area contributed by atoms with Crippen molar-refractivity contribution in [2.45, 2.75) is 47.0 Å². The first-order chi connectivity index (χ1) is 6.79. The Morgan fingerprint density at radius 3 is 1.93 bits per heavy atom. The van der Waals surface area contributed by atoms with Crippen LogP contribution in [0.4, 0.5) is 0 Å².